The summed E-state index contributed by atoms with van der Waals surface area (Å²) < 4.78 is 4.54. The van der Waals surface area contributed by atoms with Crippen LogP contribution in [-0.2, 0) is 4.74 Å². The average molecular weight is 278 g/mol. The second-order valence-electron chi connectivity index (χ2n) is 4.33. The van der Waals surface area contributed by atoms with Gasteiger partial charge in [0.25, 0.3) is 0 Å². The molecule has 2 heterocycles. The van der Waals surface area contributed by atoms with E-state index in [1.54, 1.807) is 0 Å². The highest BCUT2D eigenvalue weighted by Crippen LogP contribution is 2.22. The van der Waals surface area contributed by atoms with Crippen LogP contribution >= 0.6 is 0 Å². The Bertz CT molecular complexity index is 609. The molecule has 3 N–H and O–H groups in total. The molecule has 8 nitrogen and oxygen atoms in total. The van der Waals surface area contributed by atoms with Gasteiger partial charge in [0.2, 0.25) is 5.95 Å². The highest BCUT2D eigenvalue weighted by Gasteiger charge is 2.13. The minimum Gasteiger partial charge on any atom is -0.453 e. The van der Waals surface area contributed by atoms with Gasteiger partial charge in [-0.2, -0.15) is 10.1 Å². The highest BCUT2D eigenvalue weighted by molar-refractivity contribution is 5.90. The Kier molecular flexibility index (Phi) is 4.34. The number of amides is 1. The van der Waals surface area contributed by atoms with E-state index < -0.39 is 6.09 Å². The molecule has 0 saturated heterocycles. The maximum absolute atomic E-state index is 11.3. The Morgan fingerprint density at radius 1 is 1.40 bits per heavy atom. The molecule has 0 atom stereocenters. The molecule has 2 aromatic heterocycles. The van der Waals surface area contributed by atoms with Crippen LogP contribution in [0.25, 0.3) is 11.0 Å². The van der Waals surface area contributed by atoms with E-state index in [4.69, 9.17) is 0 Å². The lowest BCUT2D eigenvalue weighted by Crippen LogP contribution is -2.15. The van der Waals surface area contributed by atoms with E-state index in [9.17, 15) is 4.79 Å². The number of carbonyl (C=O) groups is 1. The van der Waals surface area contributed by atoms with E-state index in [-0.39, 0.29) is 5.95 Å². The van der Waals surface area contributed by atoms with Crippen molar-refractivity contribution in [3.63, 3.8) is 0 Å². The number of ether oxygens (including phenoxy) is 1. The van der Waals surface area contributed by atoms with Gasteiger partial charge in [0, 0.05) is 6.54 Å². The molecule has 108 valence electrons. The van der Waals surface area contributed by atoms with Crippen molar-refractivity contribution in [2.75, 3.05) is 24.3 Å². The summed E-state index contributed by atoms with van der Waals surface area (Å²) in [6, 6.07) is 0. The molecule has 8 heteroatoms. The lowest BCUT2D eigenvalue weighted by molar-refractivity contribution is 0.186. The molecule has 0 bridgehead atoms. The molecule has 0 saturated carbocycles. The SMILES string of the molecule is CCCCNc1nc(NC(=O)OC)nc2c(C)n[nH]c12. The first kappa shape index (κ1) is 14.0. The molecule has 2 rings (SSSR count). The van der Waals surface area contributed by atoms with Gasteiger partial charge in [0.1, 0.15) is 11.0 Å². The van der Waals surface area contributed by atoms with Crippen LogP contribution < -0.4 is 10.6 Å². The number of nitrogens with one attached hydrogen (secondary N) is 3. The van der Waals surface area contributed by atoms with Crippen molar-refractivity contribution in [2.45, 2.75) is 26.7 Å². The second-order valence-corrected chi connectivity index (χ2v) is 4.33. The Morgan fingerprint density at radius 2 is 2.20 bits per heavy atom. The average Bonchev–Trinajstić information content (AvgIpc) is 2.81. The summed E-state index contributed by atoms with van der Waals surface area (Å²) in [4.78, 5) is 19.8. The van der Waals surface area contributed by atoms with Gasteiger partial charge < -0.3 is 10.1 Å². The third-order valence-electron chi connectivity index (χ3n) is 2.81. The van der Waals surface area contributed by atoms with Crippen molar-refractivity contribution < 1.29 is 9.53 Å². The smallest absolute Gasteiger partial charge is 0.413 e. The second kappa shape index (κ2) is 6.18. The summed E-state index contributed by atoms with van der Waals surface area (Å²) in [6.45, 7) is 4.74. The fourth-order valence-electron chi connectivity index (χ4n) is 1.73. The number of nitrogens with zero attached hydrogens (tertiary/aromatic N) is 3. The highest BCUT2D eigenvalue weighted by atomic mass is 16.5. The molecule has 0 spiro atoms. The number of hydrogen-bond acceptors (Lipinski definition) is 6. The minimum atomic E-state index is -0.606. The molecule has 1 amide bonds. The normalized spacial score (nSPS) is 10.6. The number of hydrogen-bond donors (Lipinski definition) is 3. The van der Waals surface area contributed by atoms with Gasteiger partial charge in [0.05, 0.1) is 12.8 Å². The van der Waals surface area contributed by atoms with Gasteiger partial charge in [-0.05, 0) is 13.3 Å². The van der Waals surface area contributed by atoms with Gasteiger partial charge in [0.15, 0.2) is 5.82 Å². The summed E-state index contributed by atoms with van der Waals surface area (Å²) in [6.07, 6.45) is 1.50. The fourth-order valence-corrected chi connectivity index (χ4v) is 1.73. The molecule has 0 aliphatic heterocycles. The molecule has 0 aromatic carbocycles. The first-order valence-electron chi connectivity index (χ1n) is 6.47. The van der Waals surface area contributed by atoms with E-state index in [0.29, 0.717) is 11.3 Å². The summed E-state index contributed by atoms with van der Waals surface area (Å²) in [5.74, 6) is 0.809. The number of rotatable bonds is 5. The minimum absolute atomic E-state index is 0.188. The van der Waals surface area contributed by atoms with Crippen LogP contribution in [0.5, 0.6) is 0 Å². The zero-order chi connectivity index (χ0) is 14.5. The van der Waals surface area contributed by atoms with Crippen molar-refractivity contribution in [1.82, 2.24) is 20.2 Å². The van der Waals surface area contributed by atoms with E-state index in [0.717, 1.165) is 30.6 Å². The third-order valence-corrected chi connectivity index (χ3v) is 2.81. The van der Waals surface area contributed by atoms with E-state index >= 15 is 0 Å². The van der Waals surface area contributed by atoms with Gasteiger partial charge in [-0.1, -0.05) is 13.3 Å². The van der Waals surface area contributed by atoms with Crippen molar-refractivity contribution in [1.29, 1.82) is 0 Å². The van der Waals surface area contributed by atoms with E-state index in [1.807, 2.05) is 6.92 Å². The zero-order valence-corrected chi connectivity index (χ0v) is 11.8. The predicted molar refractivity (Wildman–Crippen MR) is 75.8 cm³/mol. The Balaban J connectivity index is 2.34. The van der Waals surface area contributed by atoms with Crippen LogP contribution in [0.1, 0.15) is 25.5 Å². The fraction of sp³-hybridized carbons (Fsp3) is 0.500. The molecule has 20 heavy (non-hydrogen) atoms. The lowest BCUT2D eigenvalue weighted by atomic mass is 10.3. The third kappa shape index (κ3) is 2.95. The number of aromatic nitrogens is 4. The first-order chi connectivity index (χ1) is 9.65. The number of anilines is 2. The summed E-state index contributed by atoms with van der Waals surface area (Å²) in [5.41, 5.74) is 2.15. The van der Waals surface area contributed by atoms with E-state index in [1.165, 1.54) is 7.11 Å². The van der Waals surface area contributed by atoms with Crippen LogP contribution in [0.15, 0.2) is 0 Å². The summed E-state index contributed by atoms with van der Waals surface area (Å²) in [7, 11) is 1.29. The number of aryl methyl sites for hydroxylation is 1. The standard InChI is InChI=1S/C12H18N6O2/c1-4-5-6-13-10-9-8(7(2)17-18-9)14-11(15-10)16-12(19)20-3/h4-6H2,1-3H3,(H,17,18)(H2,13,14,15,16,19). The van der Waals surface area contributed by atoms with Crippen molar-refractivity contribution in [3.8, 4) is 0 Å². The number of unbranched alkanes of at least 4 members (excludes halogenated alkanes) is 1. The molecule has 0 fully saturated rings. The van der Waals surface area contributed by atoms with Gasteiger partial charge in [-0.15, -0.1) is 0 Å². The maximum atomic E-state index is 11.3. The zero-order valence-electron chi connectivity index (χ0n) is 11.8. The number of carbonyl (C=O) groups excluding carboxylic acids is 1. The molecule has 0 aliphatic rings. The van der Waals surface area contributed by atoms with Crippen molar-refractivity contribution in [2.24, 2.45) is 0 Å². The van der Waals surface area contributed by atoms with Gasteiger partial charge in [-0.25, -0.2) is 9.78 Å². The maximum Gasteiger partial charge on any atom is 0.413 e. The predicted octanol–water partition coefficient (Wildman–Crippen LogP) is 2.05. The van der Waals surface area contributed by atoms with Crippen LogP contribution in [0.3, 0.4) is 0 Å². The largest absolute Gasteiger partial charge is 0.453 e. The molecule has 0 aliphatic carbocycles. The molecule has 0 radical (unpaired) electrons. The van der Waals surface area contributed by atoms with Gasteiger partial charge in [-0.3, -0.25) is 10.4 Å². The number of methoxy groups -OCH3 is 1. The summed E-state index contributed by atoms with van der Waals surface area (Å²) >= 11 is 0. The summed E-state index contributed by atoms with van der Waals surface area (Å²) in [5, 5.41) is 12.7. The van der Waals surface area contributed by atoms with Crippen molar-refractivity contribution in [3.05, 3.63) is 5.69 Å². The van der Waals surface area contributed by atoms with Crippen LogP contribution in [-0.4, -0.2) is 39.9 Å². The molecule has 2 aromatic rings. The quantitative estimate of drug-likeness (QED) is 0.723. The lowest BCUT2D eigenvalue weighted by Gasteiger charge is -2.08. The Labute approximate surface area is 116 Å². The number of aromatic amines is 1. The van der Waals surface area contributed by atoms with Crippen LogP contribution in [0.2, 0.25) is 0 Å². The number of H-pyrrole nitrogens is 1. The Morgan fingerprint density at radius 3 is 2.90 bits per heavy atom. The topological polar surface area (TPSA) is 105 Å². The van der Waals surface area contributed by atoms with Crippen LogP contribution in [0, 0.1) is 6.92 Å². The van der Waals surface area contributed by atoms with Gasteiger partial charge >= 0.3 is 6.09 Å². The number of fused-ring (bicyclic) bond motifs is 1. The van der Waals surface area contributed by atoms with E-state index in [2.05, 4.69) is 42.5 Å². The monoisotopic (exact) mass is 278 g/mol. The molecular formula is C12H18N6O2. The molecule has 0 unspecified atom stereocenters. The van der Waals surface area contributed by atoms with Crippen LogP contribution in [0.4, 0.5) is 16.6 Å². The van der Waals surface area contributed by atoms with Crippen molar-refractivity contribution >= 4 is 28.9 Å². The Hall–Kier alpha value is -2.38. The molecular weight excluding hydrogens is 260 g/mol. The first-order valence-corrected chi connectivity index (χ1v) is 6.47.